The molecule has 1 saturated carbocycles. The molecule has 0 bridgehead atoms. The van der Waals surface area contributed by atoms with Crippen LogP contribution in [0.15, 0.2) is 23.0 Å². The Morgan fingerprint density at radius 1 is 1.55 bits per heavy atom. The maximum absolute atomic E-state index is 11.4. The van der Waals surface area contributed by atoms with E-state index in [0.29, 0.717) is 0 Å². The molecule has 11 heavy (non-hydrogen) atoms. The maximum atomic E-state index is 11.4. The standard InChI is InChI=1S/C9H10O2/c10-9(7-2-1-3-7)8-4-5-11-6-8/h4-7H,1-3H2. The van der Waals surface area contributed by atoms with Crippen molar-refractivity contribution in [1.82, 2.24) is 0 Å². The summed E-state index contributed by atoms with van der Waals surface area (Å²) in [6, 6.07) is 1.74. The summed E-state index contributed by atoms with van der Waals surface area (Å²) in [7, 11) is 0. The predicted octanol–water partition coefficient (Wildman–Crippen LogP) is 2.26. The third kappa shape index (κ3) is 1.09. The lowest BCUT2D eigenvalue weighted by Gasteiger charge is -2.22. The Labute approximate surface area is 65.2 Å². The van der Waals surface area contributed by atoms with Crippen molar-refractivity contribution < 1.29 is 9.21 Å². The van der Waals surface area contributed by atoms with E-state index in [1.165, 1.54) is 12.7 Å². The summed E-state index contributed by atoms with van der Waals surface area (Å²) in [5.74, 6) is 0.539. The predicted molar refractivity (Wildman–Crippen MR) is 40.4 cm³/mol. The summed E-state index contributed by atoms with van der Waals surface area (Å²) in [5, 5.41) is 0. The molecule has 1 aromatic heterocycles. The molecule has 0 radical (unpaired) electrons. The number of Topliss-reactive ketones (excluding diaryl/α,β-unsaturated/α-hetero) is 1. The number of carbonyl (C=O) groups is 1. The second-order valence-electron chi connectivity index (χ2n) is 3.00. The Kier molecular flexibility index (Phi) is 1.53. The highest BCUT2D eigenvalue weighted by Gasteiger charge is 2.26. The molecular formula is C9H10O2. The number of hydrogen-bond donors (Lipinski definition) is 0. The van der Waals surface area contributed by atoms with Gasteiger partial charge in [-0.05, 0) is 18.9 Å². The molecule has 2 nitrogen and oxygen atoms in total. The van der Waals surface area contributed by atoms with Crippen molar-refractivity contribution in [2.24, 2.45) is 5.92 Å². The molecule has 2 rings (SSSR count). The molecule has 0 aliphatic heterocycles. The molecule has 0 amide bonds. The van der Waals surface area contributed by atoms with Crippen molar-refractivity contribution >= 4 is 5.78 Å². The quantitative estimate of drug-likeness (QED) is 0.605. The monoisotopic (exact) mass is 150 g/mol. The van der Waals surface area contributed by atoms with E-state index in [-0.39, 0.29) is 11.7 Å². The van der Waals surface area contributed by atoms with E-state index >= 15 is 0 Å². The molecule has 1 aliphatic rings. The van der Waals surface area contributed by atoms with Crippen LogP contribution in [0.3, 0.4) is 0 Å². The first kappa shape index (κ1) is 6.65. The van der Waals surface area contributed by atoms with Crippen molar-refractivity contribution in [3.63, 3.8) is 0 Å². The van der Waals surface area contributed by atoms with Crippen molar-refractivity contribution in [3.05, 3.63) is 24.2 Å². The van der Waals surface area contributed by atoms with E-state index < -0.39 is 0 Å². The highest BCUT2D eigenvalue weighted by Crippen LogP contribution is 2.29. The summed E-state index contributed by atoms with van der Waals surface area (Å²) in [5.41, 5.74) is 0.731. The second-order valence-corrected chi connectivity index (χ2v) is 3.00. The molecule has 0 N–H and O–H groups in total. The van der Waals surface area contributed by atoms with Crippen LogP contribution in [0, 0.1) is 5.92 Å². The van der Waals surface area contributed by atoms with Crippen molar-refractivity contribution in [2.75, 3.05) is 0 Å². The SMILES string of the molecule is O=C(c1ccoc1)C1CCC1. The third-order valence-corrected chi connectivity index (χ3v) is 2.28. The molecule has 0 unspecified atom stereocenters. The van der Waals surface area contributed by atoms with Crippen LogP contribution < -0.4 is 0 Å². The minimum absolute atomic E-state index is 0.255. The molecule has 1 aliphatic carbocycles. The molecule has 0 atom stereocenters. The summed E-state index contributed by atoms with van der Waals surface area (Å²) < 4.78 is 4.83. The van der Waals surface area contributed by atoms with E-state index in [0.717, 1.165) is 18.4 Å². The fraction of sp³-hybridized carbons (Fsp3) is 0.444. The van der Waals surface area contributed by atoms with E-state index in [9.17, 15) is 4.79 Å². The number of hydrogen-bond acceptors (Lipinski definition) is 2. The average Bonchev–Trinajstić information content (AvgIpc) is 2.32. The fourth-order valence-electron chi connectivity index (χ4n) is 1.31. The molecule has 1 heterocycles. The average molecular weight is 150 g/mol. The zero-order valence-electron chi connectivity index (χ0n) is 6.25. The van der Waals surface area contributed by atoms with Gasteiger partial charge in [0.15, 0.2) is 5.78 Å². The highest BCUT2D eigenvalue weighted by atomic mass is 16.3. The Morgan fingerprint density at radius 3 is 2.82 bits per heavy atom. The zero-order valence-corrected chi connectivity index (χ0v) is 6.25. The van der Waals surface area contributed by atoms with Gasteiger partial charge < -0.3 is 4.42 Å². The molecule has 0 saturated heterocycles. The van der Waals surface area contributed by atoms with Crippen LogP contribution in [0.5, 0.6) is 0 Å². The van der Waals surface area contributed by atoms with Crippen molar-refractivity contribution in [3.8, 4) is 0 Å². The summed E-state index contributed by atoms with van der Waals surface area (Å²) >= 11 is 0. The van der Waals surface area contributed by atoms with Gasteiger partial charge in [0.2, 0.25) is 0 Å². The fourth-order valence-corrected chi connectivity index (χ4v) is 1.31. The lowest BCUT2D eigenvalue weighted by molar-refractivity contribution is 0.0854. The normalized spacial score (nSPS) is 17.8. The molecule has 58 valence electrons. The minimum Gasteiger partial charge on any atom is -0.472 e. The third-order valence-electron chi connectivity index (χ3n) is 2.28. The van der Waals surface area contributed by atoms with E-state index in [4.69, 9.17) is 4.42 Å². The van der Waals surface area contributed by atoms with E-state index in [1.54, 1.807) is 12.3 Å². The van der Waals surface area contributed by atoms with Crippen molar-refractivity contribution in [1.29, 1.82) is 0 Å². The topological polar surface area (TPSA) is 30.2 Å². The van der Waals surface area contributed by atoms with Gasteiger partial charge >= 0.3 is 0 Å². The van der Waals surface area contributed by atoms with Gasteiger partial charge in [-0.3, -0.25) is 4.79 Å². The lowest BCUT2D eigenvalue weighted by Crippen LogP contribution is -2.21. The van der Waals surface area contributed by atoms with Crippen LogP contribution in [0.2, 0.25) is 0 Å². The van der Waals surface area contributed by atoms with Gasteiger partial charge in [-0.15, -0.1) is 0 Å². The Balaban J connectivity index is 2.10. The van der Waals surface area contributed by atoms with Crippen molar-refractivity contribution in [2.45, 2.75) is 19.3 Å². The van der Waals surface area contributed by atoms with Gasteiger partial charge in [0.05, 0.1) is 11.8 Å². The van der Waals surface area contributed by atoms with Crippen LogP contribution in [0.4, 0.5) is 0 Å². The largest absolute Gasteiger partial charge is 0.472 e. The maximum Gasteiger partial charge on any atom is 0.169 e. The molecular weight excluding hydrogens is 140 g/mol. The highest BCUT2D eigenvalue weighted by molar-refractivity contribution is 5.97. The van der Waals surface area contributed by atoms with Crippen LogP contribution in [0.1, 0.15) is 29.6 Å². The van der Waals surface area contributed by atoms with E-state index in [2.05, 4.69) is 0 Å². The number of carbonyl (C=O) groups excluding carboxylic acids is 1. The Hall–Kier alpha value is -1.05. The molecule has 0 aromatic carbocycles. The van der Waals surface area contributed by atoms with Gasteiger partial charge in [-0.1, -0.05) is 6.42 Å². The van der Waals surface area contributed by atoms with Gasteiger partial charge in [0.1, 0.15) is 6.26 Å². The van der Waals surface area contributed by atoms with Crippen LogP contribution in [0.25, 0.3) is 0 Å². The smallest absolute Gasteiger partial charge is 0.169 e. The van der Waals surface area contributed by atoms with Gasteiger partial charge in [0.25, 0.3) is 0 Å². The van der Waals surface area contributed by atoms with Gasteiger partial charge in [0, 0.05) is 5.92 Å². The first-order valence-corrected chi connectivity index (χ1v) is 3.94. The van der Waals surface area contributed by atoms with Gasteiger partial charge in [-0.25, -0.2) is 0 Å². The summed E-state index contributed by atoms with van der Waals surface area (Å²) in [6.07, 6.45) is 6.40. The summed E-state index contributed by atoms with van der Waals surface area (Å²) in [4.78, 5) is 11.4. The second kappa shape index (κ2) is 2.53. The van der Waals surface area contributed by atoms with Crippen LogP contribution in [-0.2, 0) is 0 Å². The summed E-state index contributed by atoms with van der Waals surface area (Å²) in [6.45, 7) is 0. The Bertz CT molecular complexity index is 245. The van der Waals surface area contributed by atoms with Crippen LogP contribution >= 0.6 is 0 Å². The molecule has 1 fully saturated rings. The number of furan rings is 1. The number of rotatable bonds is 2. The van der Waals surface area contributed by atoms with E-state index in [1.807, 2.05) is 0 Å². The molecule has 2 heteroatoms. The lowest BCUT2D eigenvalue weighted by atomic mass is 9.80. The first-order chi connectivity index (χ1) is 5.38. The number of ketones is 1. The Morgan fingerprint density at radius 2 is 2.36 bits per heavy atom. The molecule has 1 aromatic rings. The molecule has 0 spiro atoms. The zero-order chi connectivity index (χ0) is 7.68. The van der Waals surface area contributed by atoms with Crippen LogP contribution in [-0.4, -0.2) is 5.78 Å². The van der Waals surface area contributed by atoms with Gasteiger partial charge in [-0.2, -0.15) is 0 Å². The first-order valence-electron chi connectivity index (χ1n) is 3.94. The minimum atomic E-state index is 0.255.